The fraction of sp³-hybridized carbons (Fsp3) is 0.500. The molecular weight excluding hydrogens is 369 g/mol. The fourth-order valence-electron chi connectivity index (χ4n) is 5.86. The molecule has 1 aromatic heterocycles. The summed E-state index contributed by atoms with van der Waals surface area (Å²) >= 11 is 0. The first kappa shape index (κ1) is 18.5. The minimum atomic E-state index is -0.491. The lowest BCUT2D eigenvalue weighted by Crippen LogP contribution is -2.47. The highest BCUT2D eigenvalue weighted by molar-refractivity contribution is 5.79. The minimum Gasteiger partial charge on any atom is -0.369 e. The average Bonchev–Trinajstić information content (AvgIpc) is 3.21. The number of aromatic nitrogens is 2. The van der Waals surface area contributed by atoms with E-state index in [-0.39, 0.29) is 35.5 Å². The van der Waals surface area contributed by atoms with Crippen LogP contribution in [0.4, 0.5) is 10.2 Å². The van der Waals surface area contributed by atoms with Gasteiger partial charge in [-0.1, -0.05) is 24.3 Å². The van der Waals surface area contributed by atoms with Crippen molar-refractivity contribution in [2.45, 2.75) is 31.8 Å². The maximum atomic E-state index is 14.5. The first-order valence-corrected chi connectivity index (χ1v) is 10.3. The van der Waals surface area contributed by atoms with E-state index in [1.165, 1.54) is 11.8 Å². The SMILES string of the molecule is CN1Cc2cccc(c2)Cc2ncc(F)c(n2)NC2C3CC(CC3C1)C2C(N)=O. The summed E-state index contributed by atoms with van der Waals surface area (Å²) in [5.74, 6) is 0.669. The number of amides is 1. The second-order valence-electron chi connectivity index (χ2n) is 8.93. The smallest absolute Gasteiger partial charge is 0.222 e. The number of nitrogens with one attached hydrogen (secondary N) is 1. The molecule has 6 bridgehead atoms. The Morgan fingerprint density at radius 3 is 2.93 bits per heavy atom. The van der Waals surface area contributed by atoms with E-state index in [0.717, 1.165) is 31.5 Å². The molecule has 152 valence electrons. The molecule has 1 amide bonds. The molecule has 5 rings (SSSR count). The predicted octanol–water partition coefficient (Wildman–Crippen LogP) is 2.19. The molecule has 0 radical (unpaired) electrons. The van der Waals surface area contributed by atoms with Gasteiger partial charge in [0.25, 0.3) is 0 Å². The molecule has 5 atom stereocenters. The molecule has 6 nitrogen and oxygen atoms in total. The van der Waals surface area contributed by atoms with Gasteiger partial charge in [0.05, 0.1) is 12.1 Å². The summed E-state index contributed by atoms with van der Waals surface area (Å²) < 4.78 is 14.5. The first-order valence-electron chi connectivity index (χ1n) is 10.3. The van der Waals surface area contributed by atoms with Gasteiger partial charge in [-0.25, -0.2) is 14.4 Å². The Hall–Kier alpha value is -2.54. The van der Waals surface area contributed by atoms with Crippen molar-refractivity contribution in [2.75, 3.05) is 18.9 Å². The van der Waals surface area contributed by atoms with Gasteiger partial charge in [-0.2, -0.15) is 0 Å². The Morgan fingerprint density at radius 1 is 1.28 bits per heavy atom. The predicted molar refractivity (Wildman–Crippen MR) is 107 cm³/mol. The molecule has 3 N–H and O–H groups in total. The molecular formula is C22H26FN5O. The lowest BCUT2D eigenvalue weighted by molar-refractivity contribution is -0.123. The van der Waals surface area contributed by atoms with E-state index < -0.39 is 5.82 Å². The molecule has 7 heteroatoms. The zero-order valence-corrected chi connectivity index (χ0v) is 16.5. The molecule has 2 aliphatic carbocycles. The molecule has 2 aromatic rings. The van der Waals surface area contributed by atoms with E-state index in [1.807, 2.05) is 6.07 Å². The molecule has 1 aliphatic heterocycles. The van der Waals surface area contributed by atoms with Crippen molar-refractivity contribution in [3.63, 3.8) is 0 Å². The molecule has 3 aliphatic rings. The van der Waals surface area contributed by atoms with Gasteiger partial charge in [-0.15, -0.1) is 0 Å². The van der Waals surface area contributed by atoms with Crippen LogP contribution in [0.3, 0.4) is 0 Å². The van der Waals surface area contributed by atoms with E-state index in [1.54, 1.807) is 0 Å². The fourth-order valence-corrected chi connectivity index (χ4v) is 5.86. The van der Waals surface area contributed by atoms with E-state index in [0.29, 0.717) is 18.2 Å². The van der Waals surface area contributed by atoms with Crippen molar-refractivity contribution in [1.82, 2.24) is 14.9 Å². The third kappa shape index (κ3) is 3.37. The van der Waals surface area contributed by atoms with Crippen LogP contribution in [0, 0.1) is 29.5 Å². The number of nitrogens with zero attached hydrogens (tertiary/aromatic N) is 3. The molecule has 5 unspecified atom stereocenters. The molecule has 1 aromatic carbocycles. The number of hydrogen-bond donors (Lipinski definition) is 2. The van der Waals surface area contributed by atoms with Gasteiger partial charge in [-0.3, -0.25) is 4.79 Å². The second kappa shape index (κ2) is 7.06. The number of primary amides is 1. The summed E-state index contributed by atoms with van der Waals surface area (Å²) in [6.45, 7) is 1.82. The van der Waals surface area contributed by atoms with Crippen LogP contribution in [-0.4, -0.2) is 40.4 Å². The minimum absolute atomic E-state index is 0.178. The number of nitrogens with two attached hydrogens (primary N) is 1. The molecule has 2 saturated carbocycles. The van der Waals surface area contributed by atoms with Crippen LogP contribution in [-0.2, 0) is 17.8 Å². The van der Waals surface area contributed by atoms with Crippen LogP contribution < -0.4 is 11.1 Å². The van der Waals surface area contributed by atoms with E-state index >= 15 is 0 Å². The Kier molecular flexibility index (Phi) is 4.50. The van der Waals surface area contributed by atoms with E-state index in [2.05, 4.69) is 45.4 Å². The number of rotatable bonds is 1. The molecule has 2 heterocycles. The number of fused-ring (bicyclic) bond motifs is 5. The lowest BCUT2D eigenvalue weighted by atomic mass is 9.77. The van der Waals surface area contributed by atoms with E-state index in [4.69, 9.17) is 5.73 Å². The highest BCUT2D eigenvalue weighted by atomic mass is 19.1. The van der Waals surface area contributed by atoms with Gasteiger partial charge in [0.15, 0.2) is 11.6 Å². The van der Waals surface area contributed by atoms with Crippen LogP contribution in [0.15, 0.2) is 30.5 Å². The van der Waals surface area contributed by atoms with Gasteiger partial charge in [0.2, 0.25) is 5.91 Å². The molecule has 2 fully saturated rings. The standard InChI is InChI=1S/C22H26FN5O/c1-28-10-13-4-2-3-12(5-13)6-18-25-9-17(23)22(26-18)27-20-16-8-14(7-15(16)11-28)19(20)21(24)29/h2-5,9,14-16,19-20H,6-8,10-11H2,1H3,(H2,24,29)(H,25,26,27). The number of benzene rings is 1. The summed E-state index contributed by atoms with van der Waals surface area (Å²) in [6.07, 6.45) is 3.71. The van der Waals surface area contributed by atoms with Gasteiger partial charge in [-0.05, 0) is 48.8 Å². The van der Waals surface area contributed by atoms with Crippen molar-refractivity contribution in [1.29, 1.82) is 0 Å². The van der Waals surface area contributed by atoms with Crippen molar-refractivity contribution in [2.24, 2.45) is 29.4 Å². The third-order valence-electron chi connectivity index (χ3n) is 6.92. The normalized spacial score (nSPS) is 31.2. The Bertz CT molecular complexity index is 951. The lowest BCUT2D eigenvalue weighted by Gasteiger charge is -2.37. The Labute approximate surface area is 169 Å². The summed E-state index contributed by atoms with van der Waals surface area (Å²) in [7, 11) is 2.14. The molecule has 0 saturated heterocycles. The maximum Gasteiger partial charge on any atom is 0.222 e. The van der Waals surface area contributed by atoms with Gasteiger partial charge >= 0.3 is 0 Å². The van der Waals surface area contributed by atoms with Gasteiger partial charge in [0.1, 0.15) is 5.82 Å². The highest BCUT2D eigenvalue weighted by Crippen LogP contribution is 2.53. The number of halogens is 1. The number of carbonyl (C=O) groups excluding carboxylic acids is 1. The topological polar surface area (TPSA) is 84.1 Å². The van der Waals surface area contributed by atoms with Crippen LogP contribution in [0.25, 0.3) is 0 Å². The number of anilines is 1. The van der Waals surface area contributed by atoms with Crippen molar-refractivity contribution >= 4 is 11.7 Å². The first-order chi connectivity index (χ1) is 14.0. The summed E-state index contributed by atoms with van der Waals surface area (Å²) in [4.78, 5) is 23.2. The van der Waals surface area contributed by atoms with Crippen LogP contribution in [0.2, 0.25) is 0 Å². The Balaban J connectivity index is 1.56. The van der Waals surface area contributed by atoms with Gasteiger partial charge in [0, 0.05) is 25.6 Å². The average molecular weight is 395 g/mol. The summed E-state index contributed by atoms with van der Waals surface area (Å²) in [5, 5.41) is 3.27. The monoisotopic (exact) mass is 395 g/mol. The van der Waals surface area contributed by atoms with Crippen LogP contribution in [0.5, 0.6) is 0 Å². The summed E-state index contributed by atoms with van der Waals surface area (Å²) in [6, 6.07) is 8.23. The quantitative estimate of drug-likeness (QED) is 0.773. The van der Waals surface area contributed by atoms with E-state index in [9.17, 15) is 9.18 Å². The second-order valence-corrected chi connectivity index (χ2v) is 8.93. The largest absolute Gasteiger partial charge is 0.369 e. The van der Waals surface area contributed by atoms with Crippen LogP contribution >= 0.6 is 0 Å². The maximum absolute atomic E-state index is 14.5. The summed E-state index contributed by atoms with van der Waals surface area (Å²) in [5.41, 5.74) is 8.10. The Morgan fingerprint density at radius 2 is 2.10 bits per heavy atom. The number of hydrogen-bond acceptors (Lipinski definition) is 5. The van der Waals surface area contributed by atoms with Crippen LogP contribution in [0.1, 0.15) is 29.8 Å². The van der Waals surface area contributed by atoms with Crippen molar-refractivity contribution in [3.8, 4) is 0 Å². The van der Waals surface area contributed by atoms with Gasteiger partial charge < -0.3 is 16.0 Å². The van der Waals surface area contributed by atoms with Crippen molar-refractivity contribution < 1.29 is 9.18 Å². The molecule has 0 spiro atoms. The molecule has 29 heavy (non-hydrogen) atoms. The zero-order chi connectivity index (χ0) is 20.1. The van der Waals surface area contributed by atoms with Crippen molar-refractivity contribution in [3.05, 3.63) is 53.2 Å². The number of carbonyl (C=O) groups is 1. The highest BCUT2D eigenvalue weighted by Gasteiger charge is 2.55. The third-order valence-corrected chi connectivity index (χ3v) is 6.92. The zero-order valence-electron chi connectivity index (χ0n) is 16.5.